The number of alkyl halides is 3. The molecule has 1 N–H and O–H groups in total. The molecule has 1 aromatic heterocycles. The number of carbonyl (C=O) groups excluding carboxylic acids is 1. The van der Waals surface area contributed by atoms with Crippen LogP contribution in [-0.4, -0.2) is 61.0 Å². The highest BCUT2D eigenvalue weighted by molar-refractivity contribution is 7.89. The van der Waals surface area contributed by atoms with Crippen molar-refractivity contribution in [3.63, 3.8) is 0 Å². The van der Waals surface area contributed by atoms with Gasteiger partial charge in [-0.05, 0) is 43.2 Å². The first-order valence-corrected chi connectivity index (χ1v) is 12.8. The van der Waals surface area contributed by atoms with Crippen LogP contribution in [-0.2, 0) is 17.1 Å². The number of rotatable bonds is 6. The Balaban J connectivity index is 1.51. The highest BCUT2D eigenvalue weighted by atomic mass is 32.2. The first-order chi connectivity index (χ1) is 17.3. The molecular formula is C24H26F3N5O4S. The summed E-state index contributed by atoms with van der Waals surface area (Å²) in [5.41, 5.74) is 3.11. The number of benzene rings is 2. The fraction of sp³-hybridized carbons (Fsp3) is 0.333. The largest absolute Gasteiger partial charge is 0.573 e. The number of hydrogen-bond donors (Lipinski definition) is 1. The van der Waals surface area contributed by atoms with E-state index in [1.54, 1.807) is 0 Å². The topological polar surface area (TPSA) is 96.8 Å². The van der Waals surface area contributed by atoms with Gasteiger partial charge in [0.15, 0.2) is 0 Å². The van der Waals surface area contributed by atoms with E-state index in [9.17, 15) is 26.4 Å². The number of halogens is 3. The van der Waals surface area contributed by atoms with Crippen LogP contribution < -0.4 is 15.0 Å². The van der Waals surface area contributed by atoms with Gasteiger partial charge in [0.25, 0.3) is 15.9 Å². The first-order valence-electron chi connectivity index (χ1n) is 11.4. The molecule has 0 radical (unpaired) electrons. The molecule has 1 saturated heterocycles. The molecule has 3 aromatic rings. The summed E-state index contributed by atoms with van der Waals surface area (Å²) < 4.78 is 70.9. The zero-order chi connectivity index (χ0) is 27.0. The van der Waals surface area contributed by atoms with Gasteiger partial charge in [-0.1, -0.05) is 18.2 Å². The Hall–Kier alpha value is -3.58. The van der Waals surface area contributed by atoms with Gasteiger partial charge in [-0.3, -0.25) is 9.48 Å². The number of carbonyl (C=O) groups is 1. The van der Waals surface area contributed by atoms with E-state index in [-0.39, 0.29) is 24.3 Å². The van der Waals surface area contributed by atoms with Crippen molar-refractivity contribution in [2.24, 2.45) is 7.05 Å². The van der Waals surface area contributed by atoms with Crippen molar-refractivity contribution in [3.8, 4) is 5.75 Å². The molecule has 0 unspecified atom stereocenters. The minimum atomic E-state index is -4.89. The highest BCUT2D eigenvalue weighted by Crippen LogP contribution is 2.28. The zero-order valence-electron chi connectivity index (χ0n) is 20.4. The van der Waals surface area contributed by atoms with Crippen LogP contribution in [0, 0.1) is 13.8 Å². The van der Waals surface area contributed by atoms with Gasteiger partial charge in [-0.15, -0.1) is 13.2 Å². The van der Waals surface area contributed by atoms with Gasteiger partial charge < -0.3 is 15.0 Å². The summed E-state index contributed by atoms with van der Waals surface area (Å²) in [5.74, 6) is -1.35. The number of nitrogens with zero attached hydrogens (tertiary/aromatic N) is 4. The summed E-state index contributed by atoms with van der Waals surface area (Å²) in [7, 11) is -2.65. The van der Waals surface area contributed by atoms with Crippen molar-refractivity contribution >= 4 is 27.3 Å². The van der Waals surface area contributed by atoms with E-state index < -0.39 is 33.1 Å². The highest BCUT2D eigenvalue weighted by Gasteiger charge is 2.35. The normalized spacial score (nSPS) is 15.0. The van der Waals surface area contributed by atoms with E-state index in [0.717, 1.165) is 28.9 Å². The molecule has 0 bridgehead atoms. The van der Waals surface area contributed by atoms with Gasteiger partial charge in [-0.25, -0.2) is 8.42 Å². The van der Waals surface area contributed by atoms with Gasteiger partial charge in [0.2, 0.25) is 5.03 Å². The quantitative estimate of drug-likeness (QED) is 0.515. The number of aryl methyl sites for hydroxylation is 2. The van der Waals surface area contributed by atoms with E-state index in [4.69, 9.17) is 0 Å². The van der Waals surface area contributed by atoms with E-state index in [2.05, 4.69) is 20.1 Å². The molecule has 4 rings (SSSR count). The summed E-state index contributed by atoms with van der Waals surface area (Å²) in [4.78, 5) is 15.1. The molecule has 198 valence electrons. The second-order valence-corrected chi connectivity index (χ2v) is 10.5. The van der Waals surface area contributed by atoms with Crippen LogP contribution in [0.1, 0.15) is 21.5 Å². The van der Waals surface area contributed by atoms with Gasteiger partial charge in [0.1, 0.15) is 5.75 Å². The van der Waals surface area contributed by atoms with Crippen molar-refractivity contribution in [2.45, 2.75) is 25.2 Å². The maximum atomic E-state index is 13.5. The number of piperazine rings is 1. The van der Waals surface area contributed by atoms with Crippen molar-refractivity contribution in [3.05, 3.63) is 65.4 Å². The Bertz CT molecular complexity index is 1410. The predicted octanol–water partition coefficient (Wildman–Crippen LogP) is 3.70. The average molecular weight is 538 g/mol. The molecular weight excluding hydrogens is 511 g/mol. The second-order valence-electron chi connectivity index (χ2n) is 8.66. The van der Waals surface area contributed by atoms with Crippen LogP contribution in [0.5, 0.6) is 5.75 Å². The first kappa shape index (κ1) is 26.5. The standard InChI is InChI=1S/C24H26F3N5O4S/c1-16-6-4-9-21(17(16)2)31-10-12-32(13-11-31)37(34,35)23-20(15-30(3)29-23)22(33)28-18-7-5-8-19(14-18)36-24(25,26)27/h4-9,14-15H,10-13H2,1-3H3,(H,28,33). The number of anilines is 2. The number of sulfonamides is 1. The molecule has 1 amide bonds. The molecule has 0 spiro atoms. The van der Waals surface area contributed by atoms with Crippen LogP contribution >= 0.6 is 0 Å². The van der Waals surface area contributed by atoms with Crippen molar-refractivity contribution in [1.29, 1.82) is 0 Å². The minimum absolute atomic E-state index is 0.00101. The molecule has 1 aliphatic rings. The number of hydrogen-bond acceptors (Lipinski definition) is 6. The number of nitrogens with one attached hydrogen (secondary N) is 1. The Morgan fingerprint density at radius 1 is 1.05 bits per heavy atom. The molecule has 2 aromatic carbocycles. The minimum Gasteiger partial charge on any atom is -0.406 e. The Kier molecular flexibility index (Phi) is 7.20. The van der Waals surface area contributed by atoms with E-state index in [0.29, 0.717) is 13.1 Å². The van der Waals surface area contributed by atoms with Crippen LogP contribution in [0.25, 0.3) is 0 Å². The van der Waals surface area contributed by atoms with E-state index in [1.165, 1.54) is 34.4 Å². The molecule has 0 aliphatic carbocycles. The second kappa shape index (κ2) is 10.1. The number of aromatic nitrogens is 2. The molecule has 13 heteroatoms. The lowest BCUT2D eigenvalue weighted by Crippen LogP contribution is -2.49. The van der Waals surface area contributed by atoms with Crippen LogP contribution in [0.15, 0.2) is 53.7 Å². The average Bonchev–Trinajstić information content (AvgIpc) is 3.23. The Morgan fingerprint density at radius 2 is 1.73 bits per heavy atom. The summed E-state index contributed by atoms with van der Waals surface area (Å²) in [6.07, 6.45) is -3.64. The van der Waals surface area contributed by atoms with Crippen molar-refractivity contribution in [2.75, 3.05) is 36.4 Å². The molecule has 0 atom stereocenters. The Morgan fingerprint density at radius 3 is 2.41 bits per heavy atom. The van der Waals surface area contributed by atoms with Crippen LogP contribution in [0.3, 0.4) is 0 Å². The molecule has 2 heterocycles. The van der Waals surface area contributed by atoms with Gasteiger partial charge in [0, 0.05) is 56.9 Å². The number of ether oxygens (including phenoxy) is 1. The third kappa shape index (κ3) is 5.88. The summed E-state index contributed by atoms with van der Waals surface area (Å²) >= 11 is 0. The monoisotopic (exact) mass is 537 g/mol. The van der Waals surface area contributed by atoms with Gasteiger partial charge in [0.05, 0.1) is 5.56 Å². The third-order valence-corrected chi connectivity index (χ3v) is 7.94. The lowest BCUT2D eigenvalue weighted by atomic mass is 10.1. The Labute approximate surface area is 212 Å². The molecule has 1 aliphatic heterocycles. The van der Waals surface area contributed by atoms with Gasteiger partial charge >= 0.3 is 6.36 Å². The lowest BCUT2D eigenvalue weighted by Gasteiger charge is -2.36. The molecule has 37 heavy (non-hydrogen) atoms. The molecule has 0 saturated carbocycles. The summed E-state index contributed by atoms with van der Waals surface area (Å²) in [6, 6.07) is 10.7. The summed E-state index contributed by atoms with van der Waals surface area (Å²) in [6.45, 7) is 5.37. The van der Waals surface area contributed by atoms with E-state index >= 15 is 0 Å². The molecule has 9 nitrogen and oxygen atoms in total. The molecule has 1 fully saturated rings. The van der Waals surface area contributed by atoms with Crippen molar-refractivity contribution < 1.29 is 31.1 Å². The maximum absolute atomic E-state index is 13.5. The smallest absolute Gasteiger partial charge is 0.406 e. The van der Waals surface area contributed by atoms with E-state index in [1.807, 2.05) is 32.0 Å². The fourth-order valence-corrected chi connectivity index (χ4v) is 5.70. The predicted molar refractivity (Wildman–Crippen MR) is 131 cm³/mol. The number of amides is 1. The fourth-order valence-electron chi connectivity index (χ4n) is 4.15. The lowest BCUT2D eigenvalue weighted by molar-refractivity contribution is -0.274. The van der Waals surface area contributed by atoms with Gasteiger partial charge in [-0.2, -0.15) is 9.40 Å². The zero-order valence-corrected chi connectivity index (χ0v) is 21.2. The third-order valence-electron chi connectivity index (χ3n) is 6.10. The van der Waals surface area contributed by atoms with Crippen LogP contribution in [0.2, 0.25) is 0 Å². The maximum Gasteiger partial charge on any atom is 0.573 e. The van der Waals surface area contributed by atoms with Crippen molar-refractivity contribution in [1.82, 2.24) is 14.1 Å². The van der Waals surface area contributed by atoms with Crippen LogP contribution in [0.4, 0.5) is 24.5 Å². The SMILES string of the molecule is Cc1cccc(N2CCN(S(=O)(=O)c3nn(C)cc3C(=O)Nc3cccc(OC(F)(F)F)c3)CC2)c1C. The summed E-state index contributed by atoms with van der Waals surface area (Å²) in [5, 5.41) is 6.03.